The zero-order valence-electron chi connectivity index (χ0n) is 10.6. The van der Waals surface area contributed by atoms with Crippen molar-refractivity contribution in [3.8, 4) is 6.07 Å². The zero-order valence-corrected chi connectivity index (χ0v) is 12.2. The topological polar surface area (TPSA) is 78.0 Å². The molecule has 3 rings (SSSR count). The van der Waals surface area contributed by atoms with Gasteiger partial charge in [-0.05, 0) is 34.1 Å². The molecule has 0 fully saturated rings. The van der Waals surface area contributed by atoms with Crippen molar-refractivity contribution in [1.29, 1.82) is 5.26 Å². The highest BCUT2D eigenvalue weighted by molar-refractivity contribution is 9.10. The van der Waals surface area contributed by atoms with E-state index < -0.39 is 0 Å². The first kappa shape index (κ1) is 13.1. The van der Waals surface area contributed by atoms with Crippen LogP contribution in [0, 0.1) is 11.3 Å². The van der Waals surface area contributed by atoms with Crippen molar-refractivity contribution in [1.82, 2.24) is 15.0 Å². The number of nitrogens with zero attached hydrogens (tertiary/aromatic N) is 5. The van der Waals surface area contributed by atoms with Crippen LogP contribution in [-0.2, 0) is 19.7 Å². The molecule has 0 spiro atoms. The summed E-state index contributed by atoms with van der Waals surface area (Å²) in [5.41, 5.74) is 3.22. The Kier molecular flexibility index (Phi) is 3.42. The standard InChI is InChI=1S/C13H12BrN5O/c14-11-5-10(2-1-9(11)6-15)18-3-4-19-13(7-18)12(8-20)16-17-19/h1-2,5,20H,3-4,7-8H2. The minimum atomic E-state index is -0.0970. The number of fused-ring (bicyclic) bond motifs is 1. The maximum Gasteiger partial charge on any atom is 0.113 e. The van der Waals surface area contributed by atoms with Gasteiger partial charge in [0.25, 0.3) is 0 Å². The summed E-state index contributed by atoms with van der Waals surface area (Å²) in [6, 6.07) is 7.81. The molecule has 0 saturated heterocycles. The predicted molar refractivity (Wildman–Crippen MR) is 75.9 cm³/mol. The van der Waals surface area contributed by atoms with Gasteiger partial charge in [-0.3, -0.25) is 0 Å². The summed E-state index contributed by atoms with van der Waals surface area (Å²) < 4.78 is 2.62. The van der Waals surface area contributed by atoms with E-state index in [0.29, 0.717) is 17.8 Å². The molecule has 7 heteroatoms. The third-order valence-electron chi connectivity index (χ3n) is 3.43. The molecule has 2 aromatic rings. The first-order valence-corrected chi connectivity index (χ1v) is 6.99. The lowest BCUT2D eigenvalue weighted by atomic mass is 10.2. The van der Waals surface area contributed by atoms with Crippen LogP contribution in [0.5, 0.6) is 0 Å². The number of anilines is 1. The number of aliphatic hydroxyl groups is 1. The van der Waals surface area contributed by atoms with E-state index in [1.165, 1.54) is 0 Å². The van der Waals surface area contributed by atoms with Crippen LogP contribution in [0.4, 0.5) is 5.69 Å². The summed E-state index contributed by atoms with van der Waals surface area (Å²) >= 11 is 3.41. The van der Waals surface area contributed by atoms with Gasteiger partial charge in [-0.2, -0.15) is 5.26 Å². The molecule has 1 aliphatic heterocycles. The molecule has 0 unspecified atom stereocenters. The maximum atomic E-state index is 9.27. The average molecular weight is 334 g/mol. The Morgan fingerprint density at radius 1 is 1.40 bits per heavy atom. The average Bonchev–Trinajstić information content (AvgIpc) is 2.89. The Bertz CT molecular complexity index is 677. The lowest BCUT2D eigenvalue weighted by molar-refractivity contribution is 0.275. The van der Waals surface area contributed by atoms with E-state index >= 15 is 0 Å². The summed E-state index contributed by atoms with van der Waals surface area (Å²) in [6.07, 6.45) is 0. The Morgan fingerprint density at radius 3 is 2.95 bits per heavy atom. The van der Waals surface area contributed by atoms with E-state index in [4.69, 9.17) is 5.26 Å². The van der Waals surface area contributed by atoms with Gasteiger partial charge >= 0.3 is 0 Å². The van der Waals surface area contributed by atoms with Gasteiger partial charge in [-0.25, -0.2) is 4.68 Å². The van der Waals surface area contributed by atoms with E-state index in [2.05, 4.69) is 37.2 Å². The van der Waals surface area contributed by atoms with Crippen LogP contribution in [0.25, 0.3) is 0 Å². The van der Waals surface area contributed by atoms with Gasteiger partial charge in [0.2, 0.25) is 0 Å². The first-order valence-electron chi connectivity index (χ1n) is 6.19. The summed E-state index contributed by atoms with van der Waals surface area (Å²) in [5, 5.41) is 26.2. The molecular weight excluding hydrogens is 322 g/mol. The number of benzene rings is 1. The van der Waals surface area contributed by atoms with E-state index in [9.17, 15) is 5.11 Å². The Labute approximate surface area is 124 Å². The number of aliphatic hydroxyl groups excluding tert-OH is 1. The van der Waals surface area contributed by atoms with Gasteiger partial charge in [-0.15, -0.1) is 5.10 Å². The first-order chi connectivity index (χ1) is 9.72. The van der Waals surface area contributed by atoms with Crippen molar-refractivity contribution >= 4 is 21.6 Å². The van der Waals surface area contributed by atoms with Crippen LogP contribution in [0.2, 0.25) is 0 Å². The largest absolute Gasteiger partial charge is 0.390 e. The van der Waals surface area contributed by atoms with Crippen molar-refractivity contribution in [2.45, 2.75) is 19.7 Å². The summed E-state index contributed by atoms with van der Waals surface area (Å²) in [5.74, 6) is 0. The summed E-state index contributed by atoms with van der Waals surface area (Å²) in [4.78, 5) is 2.18. The molecular formula is C13H12BrN5O. The molecule has 1 N–H and O–H groups in total. The van der Waals surface area contributed by atoms with Crippen molar-refractivity contribution < 1.29 is 5.11 Å². The summed E-state index contributed by atoms with van der Waals surface area (Å²) in [7, 11) is 0. The van der Waals surface area contributed by atoms with Gasteiger partial charge in [0.05, 0.1) is 31.0 Å². The SMILES string of the molecule is N#Cc1ccc(N2CCn3nnc(CO)c3C2)cc1Br. The van der Waals surface area contributed by atoms with Gasteiger partial charge in [0.1, 0.15) is 11.8 Å². The Hall–Kier alpha value is -1.91. The molecule has 0 amide bonds. The van der Waals surface area contributed by atoms with Crippen LogP contribution in [0.15, 0.2) is 22.7 Å². The van der Waals surface area contributed by atoms with Crippen molar-refractivity contribution in [2.75, 3.05) is 11.4 Å². The monoisotopic (exact) mass is 333 g/mol. The molecule has 1 aliphatic rings. The Balaban J connectivity index is 1.90. The fourth-order valence-electron chi connectivity index (χ4n) is 2.33. The highest BCUT2D eigenvalue weighted by atomic mass is 79.9. The molecule has 0 radical (unpaired) electrons. The van der Waals surface area contributed by atoms with Crippen LogP contribution < -0.4 is 4.90 Å². The van der Waals surface area contributed by atoms with Crippen LogP contribution in [-0.4, -0.2) is 26.6 Å². The molecule has 0 atom stereocenters. The predicted octanol–water partition coefficient (Wildman–Crippen LogP) is 1.42. The second-order valence-electron chi connectivity index (χ2n) is 4.56. The van der Waals surface area contributed by atoms with E-state index in [0.717, 1.165) is 28.9 Å². The number of aromatic nitrogens is 3. The van der Waals surface area contributed by atoms with Gasteiger partial charge in [0.15, 0.2) is 0 Å². The molecule has 102 valence electrons. The number of hydrogen-bond donors (Lipinski definition) is 1. The second-order valence-corrected chi connectivity index (χ2v) is 5.42. The molecule has 20 heavy (non-hydrogen) atoms. The number of nitriles is 1. The minimum absolute atomic E-state index is 0.0970. The molecule has 2 heterocycles. The molecule has 1 aromatic heterocycles. The maximum absolute atomic E-state index is 9.27. The summed E-state index contributed by atoms with van der Waals surface area (Å²) in [6.45, 7) is 2.11. The fourth-order valence-corrected chi connectivity index (χ4v) is 2.79. The minimum Gasteiger partial charge on any atom is -0.390 e. The normalized spacial score (nSPS) is 13.9. The van der Waals surface area contributed by atoms with Gasteiger partial charge in [0, 0.05) is 16.7 Å². The molecule has 0 bridgehead atoms. The van der Waals surface area contributed by atoms with Crippen LogP contribution >= 0.6 is 15.9 Å². The smallest absolute Gasteiger partial charge is 0.113 e. The number of rotatable bonds is 2. The van der Waals surface area contributed by atoms with E-state index in [1.54, 1.807) is 6.07 Å². The third kappa shape index (κ3) is 2.17. The highest BCUT2D eigenvalue weighted by Crippen LogP contribution is 2.27. The van der Waals surface area contributed by atoms with Crippen LogP contribution in [0.3, 0.4) is 0 Å². The highest BCUT2D eigenvalue weighted by Gasteiger charge is 2.21. The third-order valence-corrected chi connectivity index (χ3v) is 4.08. The van der Waals surface area contributed by atoms with E-state index in [1.807, 2.05) is 16.8 Å². The van der Waals surface area contributed by atoms with Crippen molar-refractivity contribution in [2.24, 2.45) is 0 Å². The van der Waals surface area contributed by atoms with Crippen LogP contribution in [0.1, 0.15) is 17.0 Å². The fraction of sp³-hybridized carbons (Fsp3) is 0.308. The van der Waals surface area contributed by atoms with Crippen molar-refractivity contribution in [3.63, 3.8) is 0 Å². The quantitative estimate of drug-likeness (QED) is 0.899. The molecule has 0 saturated carbocycles. The van der Waals surface area contributed by atoms with Crippen molar-refractivity contribution in [3.05, 3.63) is 39.6 Å². The number of hydrogen-bond acceptors (Lipinski definition) is 5. The molecule has 6 nitrogen and oxygen atoms in total. The number of halogens is 1. The molecule has 1 aromatic carbocycles. The second kappa shape index (κ2) is 5.23. The zero-order chi connectivity index (χ0) is 14.1. The molecule has 0 aliphatic carbocycles. The van der Waals surface area contributed by atoms with E-state index in [-0.39, 0.29) is 6.61 Å². The Morgan fingerprint density at radius 2 is 2.25 bits per heavy atom. The van der Waals surface area contributed by atoms with Gasteiger partial charge < -0.3 is 10.0 Å². The van der Waals surface area contributed by atoms with Gasteiger partial charge in [-0.1, -0.05) is 5.21 Å². The lowest BCUT2D eigenvalue weighted by Gasteiger charge is -2.29. The lowest BCUT2D eigenvalue weighted by Crippen LogP contribution is -2.34.